The van der Waals surface area contributed by atoms with E-state index in [2.05, 4.69) is 40.5 Å². The third-order valence-corrected chi connectivity index (χ3v) is 16.6. The van der Waals surface area contributed by atoms with Crippen molar-refractivity contribution in [2.45, 2.75) is 55.5 Å². The van der Waals surface area contributed by atoms with Gasteiger partial charge in [-0.15, -0.1) is 0 Å². The molecule has 0 bridgehead atoms. The molecule has 1 aliphatic rings. The number of nitrogens with one attached hydrogen (secondary N) is 6. The molecular weight excluding hydrogens is 1360 g/mol. The molecule has 1 fully saturated rings. The molecule has 5 aromatic rings. The molecule has 30 nitrogen and oxygen atoms in total. The second kappa shape index (κ2) is 40.6. The Balaban J connectivity index is 0.000000426. The van der Waals surface area contributed by atoms with Gasteiger partial charge in [-0.25, -0.2) is 26.5 Å². The topological polar surface area (TPSA) is 399 Å². The molecule has 1 saturated heterocycles. The number of aromatic nitrogens is 4. The van der Waals surface area contributed by atoms with Gasteiger partial charge in [0.2, 0.25) is 26.0 Å². The van der Waals surface area contributed by atoms with Crippen LogP contribution in [0.2, 0.25) is 0 Å². The fraction of sp³-hybridized carbons (Fsp3) is 0.509. The van der Waals surface area contributed by atoms with Crippen molar-refractivity contribution >= 4 is 72.6 Å². The van der Waals surface area contributed by atoms with Gasteiger partial charge in [0, 0.05) is 175 Å². The number of carbonyl (C=O) groups is 6. The standard InChI is InChI=1S/C36H44N8O9S2.C21H39N5O8.Gd/c1-2-52-21-22-53-20-4-16-42-54(48,49)30-10-5-26(6-11-30)27-7-12-31(13-8-27)55(50,51)43-32(35(46)47)25-40-34(45)28-9-14-33-29(23-28)24-41-44(33)19-3-15-37-36-38-17-18-39-36;1-2-34-13-3-4-22-18(27)14-23-5-7-24(15-19(28)29)9-11-26(17-21(32)33)12-10-25(8-6-23)16-20(30)31;/h5-14,17-18,23-24,32,42-43H,2-4,15-16,19-22,25H2,1H3,(H,40,45)(H,46,47)(H2,37,38,39);2-17H2,1H3,(H,22,27)(H,28,29)(H,30,31)(H,32,33);. The SMILES string of the molecule is CCOCCCNC(=O)CN1CCN(CC(=O)O)CCN(CC(=O)O)CCN(CC(=O)O)CC1.CCOCCOCCCNS(=O)(=O)c1ccc(-c2ccc(S(=O)(=O)NC(CNC(=O)c3ccc4c(cnn4CCCNc4ncc[nH]4)c3)C(=O)O)cc2)cc1.[Gd]. The zero-order valence-corrected chi connectivity index (χ0v) is 54.3. The average Bonchev–Trinajstić information content (AvgIpc) is 1.42. The number of carbonyl (C=O) groups excluding carboxylic acids is 2. The maximum atomic E-state index is 13.2. The van der Waals surface area contributed by atoms with Crippen molar-refractivity contribution in [1.29, 1.82) is 0 Å². The van der Waals surface area contributed by atoms with Gasteiger partial charge in [0.1, 0.15) is 6.04 Å². The Hall–Kier alpha value is -6.18. The minimum atomic E-state index is -4.32. The molecule has 2 amide bonds. The molecule has 1 aliphatic heterocycles. The first-order valence-electron chi connectivity index (χ1n) is 29.1. The Labute approximate surface area is 555 Å². The van der Waals surface area contributed by atoms with Crippen molar-refractivity contribution in [3.05, 3.63) is 90.9 Å². The van der Waals surface area contributed by atoms with Gasteiger partial charge in [0.05, 0.1) is 60.9 Å². The molecule has 3 heterocycles. The molecule has 0 radical (unpaired) electrons. The van der Waals surface area contributed by atoms with Crippen molar-refractivity contribution < 1.29 is 120 Å². The molecule has 3 aromatic carbocycles. The number of carboxylic acid groups (broad SMARTS) is 4. The van der Waals surface area contributed by atoms with Crippen LogP contribution in [0.25, 0.3) is 22.0 Å². The predicted octanol–water partition coefficient (Wildman–Crippen LogP) is 0.816. The van der Waals surface area contributed by atoms with E-state index < -0.39 is 62.4 Å². The number of aliphatic carboxylic acids is 4. The number of aromatic amines is 1. The van der Waals surface area contributed by atoms with Gasteiger partial charge < -0.3 is 55.6 Å². The largest absolute Gasteiger partial charge is 0.480 e. The number of benzene rings is 3. The molecule has 2 aromatic heterocycles. The summed E-state index contributed by atoms with van der Waals surface area (Å²) >= 11 is 0. The predicted molar refractivity (Wildman–Crippen MR) is 327 cm³/mol. The zero-order chi connectivity index (χ0) is 64.6. The Morgan fingerprint density at radius 1 is 0.611 bits per heavy atom. The second-order valence-corrected chi connectivity index (χ2v) is 23.9. The first-order chi connectivity index (χ1) is 42.7. The number of imidazole rings is 1. The molecule has 1 atom stereocenters. The van der Waals surface area contributed by atoms with E-state index in [4.69, 9.17) is 14.2 Å². The number of anilines is 1. The van der Waals surface area contributed by atoms with E-state index in [0.717, 1.165) is 11.9 Å². The molecular formula is C57H83GdN13O17S2. The van der Waals surface area contributed by atoms with Crippen molar-refractivity contribution in [2.24, 2.45) is 0 Å². The van der Waals surface area contributed by atoms with Crippen molar-refractivity contribution in [2.75, 3.05) is 150 Å². The number of nitrogens with zero attached hydrogens (tertiary/aromatic N) is 7. The molecule has 498 valence electrons. The number of carboxylic acids is 4. The van der Waals surface area contributed by atoms with E-state index in [9.17, 15) is 66.0 Å². The average molecular weight is 1440 g/mol. The molecule has 90 heavy (non-hydrogen) atoms. The monoisotopic (exact) mass is 1440 g/mol. The van der Waals surface area contributed by atoms with E-state index >= 15 is 0 Å². The maximum Gasteiger partial charge on any atom is 0.323 e. The summed E-state index contributed by atoms with van der Waals surface area (Å²) in [7, 11) is -8.06. The quantitative estimate of drug-likeness (QED) is 0.0248. The fourth-order valence-corrected chi connectivity index (χ4v) is 11.3. The van der Waals surface area contributed by atoms with Crippen LogP contribution in [-0.4, -0.2) is 263 Å². The molecule has 0 saturated carbocycles. The van der Waals surface area contributed by atoms with E-state index in [-0.39, 0.29) is 93.9 Å². The number of ether oxygens (including phenoxy) is 3. The van der Waals surface area contributed by atoms with Gasteiger partial charge in [-0.2, -0.15) is 9.82 Å². The number of hydrogen-bond donors (Lipinski definition) is 10. The summed E-state index contributed by atoms with van der Waals surface area (Å²) in [6.07, 6.45) is 6.98. The van der Waals surface area contributed by atoms with Gasteiger partial charge in [-0.05, 0) is 86.7 Å². The van der Waals surface area contributed by atoms with E-state index in [1.165, 1.54) is 36.4 Å². The maximum absolute atomic E-state index is 13.2. The minimum Gasteiger partial charge on any atom is -0.480 e. The Kier molecular flexibility index (Phi) is 34.4. The number of aryl methyl sites for hydroxylation is 1. The first-order valence-corrected chi connectivity index (χ1v) is 32.1. The summed E-state index contributed by atoms with van der Waals surface area (Å²) in [4.78, 5) is 85.2. The van der Waals surface area contributed by atoms with Gasteiger partial charge in [0.25, 0.3) is 5.91 Å². The number of hydrogen-bond acceptors (Lipinski definition) is 20. The van der Waals surface area contributed by atoms with Crippen LogP contribution in [0.4, 0.5) is 5.95 Å². The molecule has 0 spiro atoms. The van der Waals surface area contributed by atoms with Crippen LogP contribution in [0, 0.1) is 39.9 Å². The molecule has 6 rings (SSSR count). The summed E-state index contributed by atoms with van der Waals surface area (Å²) in [5, 5.41) is 51.1. The smallest absolute Gasteiger partial charge is 0.323 e. The van der Waals surface area contributed by atoms with E-state index in [1.54, 1.807) is 63.6 Å². The summed E-state index contributed by atoms with van der Waals surface area (Å²) < 4.78 is 74.1. The minimum absolute atomic E-state index is 0. The van der Waals surface area contributed by atoms with Crippen LogP contribution in [-0.2, 0) is 64.8 Å². The van der Waals surface area contributed by atoms with Crippen LogP contribution in [0.1, 0.15) is 43.5 Å². The fourth-order valence-electron chi connectivity index (χ4n) is 9.01. The van der Waals surface area contributed by atoms with Crippen molar-refractivity contribution in [3.63, 3.8) is 0 Å². The van der Waals surface area contributed by atoms with Crippen LogP contribution in [0.5, 0.6) is 0 Å². The third-order valence-electron chi connectivity index (χ3n) is 13.7. The first kappa shape index (κ1) is 76.3. The zero-order valence-electron chi connectivity index (χ0n) is 50.4. The summed E-state index contributed by atoms with van der Waals surface area (Å²) in [5.41, 5.74) is 2.31. The number of rotatable bonds is 36. The Bertz CT molecular complexity index is 3210. The van der Waals surface area contributed by atoms with Crippen LogP contribution in [0.15, 0.2) is 95.1 Å². The number of amides is 2. The van der Waals surface area contributed by atoms with Gasteiger partial charge in [-0.1, -0.05) is 24.3 Å². The van der Waals surface area contributed by atoms with Crippen LogP contribution < -0.4 is 25.4 Å². The molecule has 0 aliphatic carbocycles. The van der Waals surface area contributed by atoms with Gasteiger partial charge in [0.15, 0.2) is 5.95 Å². The summed E-state index contributed by atoms with van der Waals surface area (Å²) in [5.74, 6) is -4.51. The molecule has 10 N–H and O–H groups in total. The Morgan fingerprint density at radius 3 is 1.64 bits per heavy atom. The van der Waals surface area contributed by atoms with Gasteiger partial charge in [-0.3, -0.25) is 53.0 Å². The van der Waals surface area contributed by atoms with Crippen molar-refractivity contribution in [3.8, 4) is 11.1 Å². The van der Waals surface area contributed by atoms with Crippen LogP contribution >= 0.6 is 0 Å². The summed E-state index contributed by atoms with van der Waals surface area (Å²) in [6, 6.07) is 15.1. The second-order valence-electron chi connectivity index (χ2n) is 20.4. The molecule has 1 unspecified atom stereocenters. The van der Waals surface area contributed by atoms with Crippen LogP contribution in [0.3, 0.4) is 0 Å². The number of sulfonamides is 2. The van der Waals surface area contributed by atoms with Gasteiger partial charge >= 0.3 is 23.9 Å². The normalized spacial score (nSPS) is 14.4. The van der Waals surface area contributed by atoms with E-state index in [0.29, 0.717) is 147 Å². The van der Waals surface area contributed by atoms with E-state index in [1.807, 2.05) is 23.4 Å². The number of fused-ring (bicyclic) bond motifs is 1. The number of H-pyrrole nitrogens is 1. The summed E-state index contributed by atoms with van der Waals surface area (Å²) in [6.45, 7) is 10.8. The third kappa shape index (κ3) is 28.1. The Morgan fingerprint density at radius 2 is 1.12 bits per heavy atom. The molecule has 33 heteroatoms. The van der Waals surface area contributed by atoms with Crippen molar-refractivity contribution in [1.82, 2.24) is 59.4 Å².